The van der Waals surface area contributed by atoms with Crippen molar-refractivity contribution in [1.29, 1.82) is 0 Å². The number of benzene rings is 2. The first-order valence-electron chi connectivity index (χ1n) is 6.93. The van der Waals surface area contributed by atoms with E-state index in [1.54, 1.807) is 0 Å². The first-order chi connectivity index (χ1) is 11.0. The van der Waals surface area contributed by atoms with E-state index in [0.717, 1.165) is 16.2 Å². The molecule has 7 nitrogen and oxygen atoms in total. The number of nitro groups is 1. The van der Waals surface area contributed by atoms with Crippen molar-refractivity contribution >= 4 is 23.2 Å². The summed E-state index contributed by atoms with van der Waals surface area (Å²) in [5, 5.41) is 14.0. The van der Waals surface area contributed by atoms with E-state index in [2.05, 4.69) is 5.32 Å². The number of nitrogens with zero attached hydrogens (tertiary/aromatic N) is 2. The van der Waals surface area contributed by atoms with Crippen LogP contribution in [-0.4, -0.2) is 28.3 Å². The summed E-state index contributed by atoms with van der Waals surface area (Å²) < 4.78 is 0. The van der Waals surface area contributed by atoms with Crippen LogP contribution in [0.5, 0.6) is 0 Å². The SMILES string of the molecule is Cc1ccc(NCN2C(=O)c3cccc([N+](=O)[O-])c3C2=O)cc1. The Hall–Kier alpha value is -3.22. The quantitative estimate of drug-likeness (QED) is 0.532. The number of carbonyl (C=O) groups excluding carboxylic acids is 2. The van der Waals surface area contributed by atoms with Crippen molar-refractivity contribution in [2.75, 3.05) is 12.0 Å². The second kappa shape index (κ2) is 5.53. The second-order valence-electron chi connectivity index (χ2n) is 5.20. The van der Waals surface area contributed by atoms with Crippen LogP contribution in [0.15, 0.2) is 42.5 Å². The van der Waals surface area contributed by atoms with Crippen LogP contribution < -0.4 is 5.32 Å². The first kappa shape index (κ1) is 14.7. The zero-order valence-corrected chi connectivity index (χ0v) is 12.3. The van der Waals surface area contributed by atoms with E-state index in [1.165, 1.54) is 18.2 Å². The van der Waals surface area contributed by atoms with Gasteiger partial charge in [-0.25, -0.2) is 0 Å². The Bertz CT molecular complexity index is 815. The Morgan fingerprint density at radius 3 is 2.43 bits per heavy atom. The zero-order valence-electron chi connectivity index (χ0n) is 12.3. The maximum absolute atomic E-state index is 12.4. The molecule has 1 heterocycles. The van der Waals surface area contributed by atoms with Crippen molar-refractivity contribution in [3.8, 4) is 0 Å². The van der Waals surface area contributed by atoms with Gasteiger partial charge >= 0.3 is 0 Å². The maximum Gasteiger partial charge on any atom is 0.282 e. The highest BCUT2D eigenvalue weighted by Crippen LogP contribution is 2.30. The molecule has 0 aromatic heterocycles. The van der Waals surface area contributed by atoms with Gasteiger partial charge in [0.05, 0.1) is 17.2 Å². The van der Waals surface area contributed by atoms with Gasteiger partial charge in [-0.1, -0.05) is 23.8 Å². The minimum atomic E-state index is -0.656. The van der Waals surface area contributed by atoms with Crippen LogP contribution >= 0.6 is 0 Å². The summed E-state index contributed by atoms with van der Waals surface area (Å²) in [6.45, 7) is 1.90. The van der Waals surface area contributed by atoms with Gasteiger partial charge in [0.2, 0.25) is 0 Å². The van der Waals surface area contributed by atoms with Gasteiger partial charge in [0.25, 0.3) is 17.5 Å². The molecule has 0 saturated carbocycles. The van der Waals surface area contributed by atoms with Crippen LogP contribution in [0.25, 0.3) is 0 Å². The van der Waals surface area contributed by atoms with Crippen molar-refractivity contribution in [3.63, 3.8) is 0 Å². The minimum absolute atomic E-state index is 0.0490. The molecule has 116 valence electrons. The van der Waals surface area contributed by atoms with Crippen LogP contribution in [0.4, 0.5) is 11.4 Å². The molecule has 0 unspecified atom stereocenters. The zero-order chi connectivity index (χ0) is 16.6. The summed E-state index contributed by atoms with van der Waals surface area (Å²) in [5.41, 5.74) is 1.41. The van der Waals surface area contributed by atoms with Gasteiger partial charge in [-0.3, -0.25) is 24.6 Å². The number of amides is 2. The standard InChI is InChI=1S/C16H13N3O4/c1-10-5-7-11(8-6-10)17-9-18-15(20)12-3-2-4-13(19(22)23)14(12)16(18)21/h2-8,17H,9H2,1H3. The monoisotopic (exact) mass is 311 g/mol. The van der Waals surface area contributed by atoms with Gasteiger partial charge in [0.15, 0.2) is 0 Å². The van der Waals surface area contributed by atoms with Crippen molar-refractivity contribution in [2.45, 2.75) is 6.92 Å². The fourth-order valence-corrected chi connectivity index (χ4v) is 2.45. The molecule has 3 rings (SSSR count). The van der Waals surface area contributed by atoms with E-state index >= 15 is 0 Å². The molecule has 0 atom stereocenters. The Labute approximate surface area is 131 Å². The van der Waals surface area contributed by atoms with Crippen molar-refractivity contribution < 1.29 is 14.5 Å². The van der Waals surface area contributed by atoms with Crippen LogP contribution in [-0.2, 0) is 0 Å². The van der Waals surface area contributed by atoms with Crippen LogP contribution in [0.2, 0.25) is 0 Å². The molecule has 0 spiro atoms. The fourth-order valence-electron chi connectivity index (χ4n) is 2.45. The first-order valence-corrected chi connectivity index (χ1v) is 6.93. The normalized spacial score (nSPS) is 13.2. The highest BCUT2D eigenvalue weighted by molar-refractivity contribution is 6.23. The van der Waals surface area contributed by atoms with Crippen molar-refractivity contribution in [1.82, 2.24) is 4.90 Å². The van der Waals surface area contributed by atoms with Crippen molar-refractivity contribution in [2.24, 2.45) is 0 Å². The molecule has 1 aliphatic heterocycles. The minimum Gasteiger partial charge on any atom is -0.367 e. The Morgan fingerprint density at radius 2 is 1.78 bits per heavy atom. The van der Waals surface area contributed by atoms with E-state index in [0.29, 0.717) is 0 Å². The van der Waals surface area contributed by atoms with Gasteiger partial charge in [0, 0.05) is 11.8 Å². The molecular formula is C16H13N3O4. The lowest BCUT2D eigenvalue weighted by Crippen LogP contribution is -2.34. The lowest BCUT2D eigenvalue weighted by Gasteiger charge is -2.15. The van der Waals surface area contributed by atoms with E-state index in [-0.39, 0.29) is 23.5 Å². The van der Waals surface area contributed by atoms with Crippen molar-refractivity contribution in [3.05, 3.63) is 69.3 Å². The summed E-state index contributed by atoms with van der Waals surface area (Å²) in [6, 6.07) is 11.5. The number of carbonyl (C=O) groups is 2. The molecule has 2 aromatic rings. The number of hydrogen-bond acceptors (Lipinski definition) is 5. The molecule has 2 aromatic carbocycles. The van der Waals surface area contributed by atoms with Gasteiger partial charge in [-0.2, -0.15) is 0 Å². The molecular weight excluding hydrogens is 298 g/mol. The number of imide groups is 1. The third-order valence-electron chi connectivity index (χ3n) is 3.67. The number of nitro benzene ring substituents is 1. The Balaban J connectivity index is 1.84. The molecule has 1 aliphatic rings. The third-order valence-corrected chi connectivity index (χ3v) is 3.67. The highest BCUT2D eigenvalue weighted by atomic mass is 16.6. The summed E-state index contributed by atoms with van der Waals surface area (Å²) >= 11 is 0. The number of fused-ring (bicyclic) bond motifs is 1. The van der Waals surface area contributed by atoms with Crippen LogP contribution in [0.3, 0.4) is 0 Å². The van der Waals surface area contributed by atoms with Gasteiger partial charge in [-0.15, -0.1) is 0 Å². The number of rotatable bonds is 4. The summed E-state index contributed by atoms with van der Waals surface area (Å²) in [6.07, 6.45) is 0. The number of nitrogens with one attached hydrogen (secondary N) is 1. The molecule has 1 N–H and O–H groups in total. The third kappa shape index (κ3) is 2.52. The van der Waals surface area contributed by atoms with E-state index in [1.807, 2.05) is 31.2 Å². The fraction of sp³-hybridized carbons (Fsp3) is 0.125. The Morgan fingerprint density at radius 1 is 1.09 bits per heavy atom. The Kier molecular flexibility index (Phi) is 3.53. The maximum atomic E-state index is 12.4. The molecule has 7 heteroatoms. The largest absolute Gasteiger partial charge is 0.367 e. The number of aryl methyl sites for hydroxylation is 1. The van der Waals surface area contributed by atoms with E-state index in [9.17, 15) is 19.7 Å². The smallest absolute Gasteiger partial charge is 0.282 e. The molecule has 2 amide bonds. The van der Waals surface area contributed by atoms with Gasteiger partial charge in [0.1, 0.15) is 5.56 Å². The average Bonchev–Trinajstić information content (AvgIpc) is 2.78. The number of hydrogen-bond donors (Lipinski definition) is 1. The number of anilines is 1. The molecule has 0 saturated heterocycles. The molecule has 0 aliphatic carbocycles. The van der Waals surface area contributed by atoms with Crippen LogP contribution in [0.1, 0.15) is 26.3 Å². The molecule has 0 radical (unpaired) electrons. The van der Waals surface area contributed by atoms with Gasteiger partial charge in [-0.05, 0) is 25.1 Å². The summed E-state index contributed by atoms with van der Waals surface area (Å²) in [4.78, 5) is 36.0. The predicted octanol–water partition coefficient (Wildman–Crippen LogP) is 2.57. The molecule has 23 heavy (non-hydrogen) atoms. The summed E-state index contributed by atoms with van der Waals surface area (Å²) in [7, 11) is 0. The lowest BCUT2D eigenvalue weighted by molar-refractivity contribution is -0.385. The molecule has 0 fully saturated rings. The van der Waals surface area contributed by atoms with Crippen LogP contribution in [0, 0.1) is 17.0 Å². The molecule has 0 bridgehead atoms. The average molecular weight is 311 g/mol. The second-order valence-corrected chi connectivity index (χ2v) is 5.20. The van der Waals surface area contributed by atoms with Gasteiger partial charge < -0.3 is 5.32 Å². The van der Waals surface area contributed by atoms with E-state index < -0.39 is 16.7 Å². The van der Waals surface area contributed by atoms with E-state index in [4.69, 9.17) is 0 Å². The lowest BCUT2D eigenvalue weighted by atomic mass is 10.1. The predicted molar refractivity (Wildman–Crippen MR) is 83.3 cm³/mol. The highest BCUT2D eigenvalue weighted by Gasteiger charge is 2.40. The topological polar surface area (TPSA) is 92.6 Å². The summed E-state index contributed by atoms with van der Waals surface area (Å²) in [5.74, 6) is -1.19.